The molecule has 0 unspecified atom stereocenters. The molecule has 35 heavy (non-hydrogen) atoms. The van der Waals surface area contributed by atoms with Crippen LogP contribution in [0.4, 0.5) is 10.3 Å². The second-order valence-electron chi connectivity index (χ2n) is 8.88. The molecule has 3 aromatic heterocycles. The molecule has 0 radical (unpaired) electrons. The quantitative estimate of drug-likeness (QED) is 0.311. The fraction of sp³-hybridized carbons (Fsp3) is 0.192. The lowest BCUT2D eigenvalue weighted by Gasteiger charge is -2.16. The Morgan fingerprint density at radius 1 is 1.17 bits per heavy atom. The molecule has 5 aromatic rings. The molecule has 6 N–H and O–H groups in total. The van der Waals surface area contributed by atoms with E-state index in [9.17, 15) is 9.90 Å². The van der Waals surface area contributed by atoms with Crippen LogP contribution >= 0.6 is 0 Å². The summed E-state index contributed by atoms with van der Waals surface area (Å²) in [5.74, 6) is -0.0969. The van der Waals surface area contributed by atoms with Crippen molar-refractivity contribution in [3.05, 3.63) is 81.7 Å². The van der Waals surface area contributed by atoms with Gasteiger partial charge in [0.1, 0.15) is 11.5 Å². The Balaban J connectivity index is 1.57. The average Bonchev–Trinajstić information content (AvgIpc) is 3.62. The largest absolute Gasteiger partial charge is 0.392 e. The van der Waals surface area contributed by atoms with E-state index in [1.165, 1.54) is 10.6 Å². The number of aliphatic hydroxyl groups is 1. The van der Waals surface area contributed by atoms with Gasteiger partial charge in [0, 0.05) is 34.9 Å². The molecule has 1 aliphatic rings. The molecule has 1 fully saturated rings. The highest BCUT2D eigenvalue weighted by Crippen LogP contribution is 2.41. The number of aromatic nitrogens is 4. The highest BCUT2D eigenvalue weighted by atomic mass is 19.1. The number of aliphatic hydroxyl groups excluding tert-OH is 1. The van der Waals surface area contributed by atoms with Gasteiger partial charge in [0.25, 0.3) is 5.56 Å². The van der Waals surface area contributed by atoms with Crippen LogP contribution in [0.2, 0.25) is 0 Å². The lowest BCUT2D eigenvalue weighted by atomic mass is 10.00. The third-order valence-electron chi connectivity index (χ3n) is 6.63. The number of H-pyrrole nitrogens is 1. The first-order valence-corrected chi connectivity index (χ1v) is 11.4. The highest BCUT2D eigenvalue weighted by Gasteiger charge is 2.25. The third-order valence-corrected chi connectivity index (χ3v) is 6.63. The molecule has 1 saturated carbocycles. The topological polar surface area (TPSA) is 136 Å². The van der Waals surface area contributed by atoms with Crippen molar-refractivity contribution in [3.8, 4) is 16.9 Å². The van der Waals surface area contributed by atoms with Crippen LogP contribution in [-0.2, 0) is 13.2 Å². The van der Waals surface area contributed by atoms with Crippen LogP contribution in [0.25, 0.3) is 38.8 Å². The van der Waals surface area contributed by atoms with E-state index in [2.05, 4.69) is 15.0 Å². The molecule has 0 bridgehead atoms. The number of nitrogens with zero attached hydrogens (tertiary/aromatic N) is 3. The van der Waals surface area contributed by atoms with Crippen LogP contribution in [0.15, 0.2) is 53.5 Å². The molecule has 9 heteroatoms. The monoisotopic (exact) mass is 470 g/mol. The van der Waals surface area contributed by atoms with E-state index in [4.69, 9.17) is 11.5 Å². The SMILES string of the molecule is NCc1cc2c(-c3cccc(-n4ccc5cc(C6CC6)cc(F)c5c4=O)c3CO)nc(N)nc2[nH]1. The molecular formula is C26H23FN6O2. The van der Waals surface area contributed by atoms with E-state index < -0.39 is 11.4 Å². The zero-order valence-corrected chi connectivity index (χ0v) is 18.8. The number of anilines is 1. The maximum Gasteiger partial charge on any atom is 0.265 e. The van der Waals surface area contributed by atoms with Gasteiger partial charge in [-0.2, -0.15) is 4.98 Å². The minimum Gasteiger partial charge on any atom is -0.392 e. The van der Waals surface area contributed by atoms with Crippen molar-refractivity contribution in [2.45, 2.75) is 31.9 Å². The van der Waals surface area contributed by atoms with Crippen molar-refractivity contribution in [3.63, 3.8) is 0 Å². The predicted molar refractivity (Wildman–Crippen MR) is 133 cm³/mol. The molecule has 0 saturated heterocycles. The van der Waals surface area contributed by atoms with E-state index in [-0.39, 0.29) is 24.5 Å². The molecule has 0 amide bonds. The summed E-state index contributed by atoms with van der Waals surface area (Å²) in [7, 11) is 0. The van der Waals surface area contributed by atoms with Gasteiger partial charge in [-0.3, -0.25) is 9.36 Å². The number of rotatable bonds is 5. The van der Waals surface area contributed by atoms with Gasteiger partial charge in [0.2, 0.25) is 5.95 Å². The number of aromatic amines is 1. The molecule has 6 rings (SSSR count). The minimum absolute atomic E-state index is 0.0260. The van der Waals surface area contributed by atoms with Crippen LogP contribution in [0.3, 0.4) is 0 Å². The molecule has 176 valence electrons. The number of fused-ring (bicyclic) bond motifs is 2. The molecule has 0 spiro atoms. The van der Waals surface area contributed by atoms with Crippen molar-refractivity contribution in [2.75, 3.05) is 5.73 Å². The second kappa shape index (κ2) is 8.00. The van der Waals surface area contributed by atoms with Crippen molar-refractivity contribution in [2.24, 2.45) is 5.73 Å². The van der Waals surface area contributed by atoms with Gasteiger partial charge in [-0.25, -0.2) is 9.37 Å². The molecule has 0 atom stereocenters. The lowest BCUT2D eigenvalue weighted by Crippen LogP contribution is -2.20. The Bertz CT molecular complexity index is 1690. The second-order valence-corrected chi connectivity index (χ2v) is 8.88. The summed E-state index contributed by atoms with van der Waals surface area (Å²) in [4.78, 5) is 25.2. The Labute approximate surface area is 199 Å². The van der Waals surface area contributed by atoms with E-state index >= 15 is 4.39 Å². The average molecular weight is 471 g/mol. The summed E-state index contributed by atoms with van der Waals surface area (Å²) < 4.78 is 16.4. The van der Waals surface area contributed by atoms with Crippen molar-refractivity contribution in [1.29, 1.82) is 0 Å². The van der Waals surface area contributed by atoms with Crippen LogP contribution in [-0.4, -0.2) is 24.6 Å². The Morgan fingerprint density at radius 2 is 2.00 bits per heavy atom. The summed E-state index contributed by atoms with van der Waals surface area (Å²) >= 11 is 0. The number of hydrogen-bond acceptors (Lipinski definition) is 6. The van der Waals surface area contributed by atoms with Crippen LogP contribution in [0.1, 0.15) is 35.6 Å². The summed E-state index contributed by atoms with van der Waals surface area (Å²) in [5.41, 5.74) is 15.4. The summed E-state index contributed by atoms with van der Waals surface area (Å²) in [6.45, 7) is -0.0955. The molecular weight excluding hydrogens is 447 g/mol. The molecule has 1 aliphatic carbocycles. The molecule has 8 nitrogen and oxygen atoms in total. The fourth-order valence-electron chi connectivity index (χ4n) is 4.78. The van der Waals surface area contributed by atoms with E-state index in [1.807, 2.05) is 12.1 Å². The van der Waals surface area contributed by atoms with Crippen LogP contribution in [0, 0.1) is 5.82 Å². The molecule has 2 aromatic carbocycles. The number of hydrogen-bond donors (Lipinski definition) is 4. The molecule has 3 heterocycles. The number of nitrogens with one attached hydrogen (secondary N) is 1. The van der Waals surface area contributed by atoms with Gasteiger partial charge >= 0.3 is 0 Å². The predicted octanol–water partition coefficient (Wildman–Crippen LogP) is 3.48. The van der Waals surface area contributed by atoms with Gasteiger partial charge < -0.3 is 21.6 Å². The first-order chi connectivity index (χ1) is 17.0. The highest BCUT2D eigenvalue weighted by molar-refractivity contribution is 5.93. The van der Waals surface area contributed by atoms with Gasteiger partial charge in [-0.05, 0) is 54.0 Å². The summed E-state index contributed by atoms with van der Waals surface area (Å²) in [6, 6.07) is 12.2. The maximum absolute atomic E-state index is 15.1. The van der Waals surface area contributed by atoms with E-state index in [0.29, 0.717) is 44.8 Å². The third kappa shape index (κ3) is 3.48. The van der Waals surface area contributed by atoms with Crippen LogP contribution in [0.5, 0.6) is 0 Å². The first-order valence-electron chi connectivity index (χ1n) is 11.4. The Kier molecular flexibility index (Phi) is 4.91. The normalized spacial score (nSPS) is 13.7. The summed E-state index contributed by atoms with van der Waals surface area (Å²) in [5, 5.41) is 11.7. The Hall–Kier alpha value is -4.08. The minimum atomic E-state index is -0.530. The Morgan fingerprint density at radius 3 is 2.74 bits per heavy atom. The first kappa shape index (κ1) is 21.5. The van der Waals surface area contributed by atoms with E-state index in [0.717, 1.165) is 24.1 Å². The summed E-state index contributed by atoms with van der Waals surface area (Å²) in [6.07, 6.45) is 3.71. The number of benzene rings is 2. The maximum atomic E-state index is 15.1. The van der Waals surface area contributed by atoms with E-state index in [1.54, 1.807) is 30.5 Å². The smallest absolute Gasteiger partial charge is 0.265 e. The number of halogens is 1. The van der Waals surface area contributed by atoms with Crippen LogP contribution < -0.4 is 17.0 Å². The van der Waals surface area contributed by atoms with Crippen molar-refractivity contribution in [1.82, 2.24) is 19.5 Å². The lowest BCUT2D eigenvalue weighted by molar-refractivity contribution is 0.282. The number of pyridine rings is 1. The zero-order valence-electron chi connectivity index (χ0n) is 18.8. The van der Waals surface area contributed by atoms with Gasteiger partial charge in [0.05, 0.1) is 23.4 Å². The molecule has 0 aliphatic heterocycles. The number of nitrogens with two attached hydrogens (primary N) is 2. The standard InChI is InChI=1S/C26H23FN6O2/c27-20-9-15(13-4-5-13)8-14-6-7-33(25(35)22(14)20)21-3-1-2-17(19(21)12-34)23-18-10-16(11-28)30-24(18)32-26(29)31-23/h1-3,6-10,13,34H,4-5,11-12,28H2,(H3,29,30,31,32). The number of nitrogen functional groups attached to an aromatic ring is 1. The van der Waals surface area contributed by atoms with Gasteiger partial charge in [0.15, 0.2) is 0 Å². The van der Waals surface area contributed by atoms with Gasteiger partial charge in [-0.15, -0.1) is 0 Å². The zero-order chi connectivity index (χ0) is 24.3. The van der Waals surface area contributed by atoms with Crippen molar-refractivity contribution >= 4 is 27.8 Å². The van der Waals surface area contributed by atoms with Crippen molar-refractivity contribution < 1.29 is 9.50 Å². The fourth-order valence-corrected chi connectivity index (χ4v) is 4.78. The van der Waals surface area contributed by atoms with Gasteiger partial charge in [-0.1, -0.05) is 18.2 Å².